The number of hydrogen-bond donors (Lipinski definition) is 1. The van der Waals surface area contributed by atoms with E-state index in [1.165, 1.54) is 6.42 Å². The molecule has 3 nitrogen and oxygen atoms in total. The Balaban J connectivity index is 1.74. The second-order valence-corrected chi connectivity index (χ2v) is 4.52. The molecule has 17 heavy (non-hydrogen) atoms. The van der Waals surface area contributed by atoms with Gasteiger partial charge >= 0.3 is 0 Å². The van der Waals surface area contributed by atoms with Crippen LogP contribution >= 0.6 is 0 Å². The van der Waals surface area contributed by atoms with Crippen LogP contribution in [0.4, 0.5) is 0 Å². The summed E-state index contributed by atoms with van der Waals surface area (Å²) in [6, 6.07) is 7.59. The van der Waals surface area contributed by atoms with Gasteiger partial charge in [0.25, 0.3) is 0 Å². The highest BCUT2D eigenvalue weighted by atomic mass is 16.5. The van der Waals surface area contributed by atoms with Crippen molar-refractivity contribution in [2.24, 2.45) is 0 Å². The van der Waals surface area contributed by atoms with Crippen LogP contribution in [0.3, 0.4) is 0 Å². The zero-order chi connectivity index (χ0) is 12.1. The Labute approximate surface area is 102 Å². The van der Waals surface area contributed by atoms with Crippen molar-refractivity contribution in [3.05, 3.63) is 29.8 Å². The summed E-state index contributed by atoms with van der Waals surface area (Å²) in [5.41, 5.74) is 0.913. The zero-order valence-electron chi connectivity index (χ0n) is 10.3. The first-order chi connectivity index (χ1) is 8.25. The van der Waals surface area contributed by atoms with Gasteiger partial charge < -0.3 is 14.6 Å². The first-order valence-corrected chi connectivity index (χ1v) is 6.28. The van der Waals surface area contributed by atoms with Crippen LogP contribution in [0.1, 0.15) is 37.9 Å². The third-order valence-electron chi connectivity index (χ3n) is 3.10. The minimum atomic E-state index is -0.420. The van der Waals surface area contributed by atoms with E-state index in [1.807, 2.05) is 24.3 Å². The van der Waals surface area contributed by atoms with E-state index in [1.54, 1.807) is 6.92 Å². The highest BCUT2D eigenvalue weighted by molar-refractivity contribution is 5.28. The van der Waals surface area contributed by atoms with Gasteiger partial charge in [-0.2, -0.15) is 0 Å². The Hall–Kier alpha value is -1.06. The Bertz CT molecular complexity index is 326. The summed E-state index contributed by atoms with van der Waals surface area (Å²) in [4.78, 5) is 0. The fourth-order valence-electron chi connectivity index (χ4n) is 2.02. The number of hydrogen-bond acceptors (Lipinski definition) is 3. The van der Waals surface area contributed by atoms with Crippen LogP contribution in [-0.4, -0.2) is 24.4 Å². The molecule has 1 aromatic carbocycles. The van der Waals surface area contributed by atoms with Gasteiger partial charge in [0.1, 0.15) is 5.75 Å². The van der Waals surface area contributed by atoms with E-state index < -0.39 is 6.10 Å². The third-order valence-corrected chi connectivity index (χ3v) is 3.10. The molecule has 0 bridgehead atoms. The monoisotopic (exact) mass is 236 g/mol. The number of benzene rings is 1. The molecule has 1 aliphatic rings. The molecule has 0 amide bonds. The molecule has 1 N–H and O–H groups in total. The second-order valence-electron chi connectivity index (χ2n) is 4.52. The van der Waals surface area contributed by atoms with E-state index in [9.17, 15) is 5.11 Å². The van der Waals surface area contributed by atoms with Gasteiger partial charge in [0.05, 0.1) is 18.8 Å². The smallest absolute Gasteiger partial charge is 0.119 e. The SMILES string of the molecule is CC(O)c1ccc(OCCC2CCCO2)cc1. The highest BCUT2D eigenvalue weighted by Crippen LogP contribution is 2.19. The Kier molecular flexibility index (Phi) is 4.40. The highest BCUT2D eigenvalue weighted by Gasteiger charge is 2.14. The maximum atomic E-state index is 9.38. The van der Waals surface area contributed by atoms with Gasteiger partial charge in [-0.15, -0.1) is 0 Å². The molecule has 1 saturated heterocycles. The van der Waals surface area contributed by atoms with Crippen molar-refractivity contribution in [1.29, 1.82) is 0 Å². The van der Waals surface area contributed by atoms with Crippen molar-refractivity contribution in [3.8, 4) is 5.75 Å². The summed E-state index contributed by atoms with van der Waals surface area (Å²) < 4.78 is 11.2. The molecule has 2 rings (SSSR count). The van der Waals surface area contributed by atoms with E-state index in [0.717, 1.165) is 30.8 Å². The second kappa shape index (κ2) is 6.03. The topological polar surface area (TPSA) is 38.7 Å². The lowest BCUT2D eigenvalue weighted by Gasteiger charge is -2.11. The van der Waals surface area contributed by atoms with Crippen molar-refractivity contribution in [1.82, 2.24) is 0 Å². The minimum Gasteiger partial charge on any atom is -0.493 e. The normalized spacial score (nSPS) is 21.4. The van der Waals surface area contributed by atoms with Gasteiger partial charge in [0, 0.05) is 13.0 Å². The molecule has 94 valence electrons. The lowest BCUT2D eigenvalue weighted by Crippen LogP contribution is -2.10. The lowest BCUT2D eigenvalue weighted by molar-refractivity contribution is 0.0903. The van der Waals surface area contributed by atoms with Gasteiger partial charge in [0.2, 0.25) is 0 Å². The van der Waals surface area contributed by atoms with Crippen molar-refractivity contribution in [2.75, 3.05) is 13.2 Å². The summed E-state index contributed by atoms with van der Waals surface area (Å²) >= 11 is 0. The molecule has 0 aliphatic carbocycles. The molecule has 0 radical (unpaired) electrons. The molecule has 0 aromatic heterocycles. The molecule has 1 aliphatic heterocycles. The number of rotatable bonds is 5. The molecule has 1 fully saturated rings. The minimum absolute atomic E-state index is 0.381. The molecule has 0 spiro atoms. The summed E-state index contributed by atoms with van der Waals surface area (Å²) in [5, 5.41) is 9.38. The fraction of sp³-hybridized carbons (Fsp3) is 0.571. The van der Waals surface area contributed by atoms with Crippen LogP contribution in [0.15, 0.2) is 24.3 Å². The first-order valence-electron chi connectivity index (χ1n) is 6.28. The summed E-state index contributed by atoms with van der Waals surface area (Å²) in [5.74, 6) is 0.854. The Morgan fingerprint density at radius 1 is 1.41 bits per heavy atom. The lowest BCUT2D eigenvalue weighted by atomic mass is 10.1. The standard InChI is InChI=1S/C14H20O3/c1-11(15)12-4-6-14(7-5-12)17-10-8-13-3-2-9-16-13/h4-7,11,13,15H,2-3,8-10H2,1H3. The maximum Gasteiger partial charge on any atom is 0.119 e. The van der Waals surface area contributed by atoms with Gasteiger partial charge in [-0.1, -0.05) is 12.1 Å². The van der Waals surface area contributed by atoms with Gasteiger partial charge in [-0.3, -0.25) is 0 Å². The van der Waals surface area contributed by atoms with Crippen molar-refractivity contribution >= 4 is 0 Å². The molecular formula is C14H20O3. The Morgan fingerprint density at radius 3 is 2.76 bits per heavy atom. The van der Waals surface area contributed by atoms with Crippen LogP contribution in [0, 0.1) is 0 Å². The summed E-state index contributed by atoms with van der Waals surface area (Å²) in [7, 11) is 0. The fourth-order valence-corrected chi connectivity index (χ4v) is 2.02. The first kappa shape index (κ1) is 12.4. The van der Waals surface area contributed by atoms with E-state index in [-0.39, 0.29) is 0 Å². The third kappa shape index (κ3) is 3.72. The van der Waals surface area contributed by atoms with Gasteiger partial charge in [0.15, 0.2) is 0 Å². The van der Waals surface area contributed by atoms with Crippen molar-refractivity contribution < 1.29 is 14.6 Å². The van der Waals surface area contributed by atoms with Gasteiger partial charge in [-0.05, 0) is 37.5 Å². The van der Waals surface area contributed by atoms with Crippen LogP contribution in [0.5, 0.6) is 5.75 Å². The quantitative estimate of drug-likeness (QED) is 0.854. The molecule has 3 heteroatoms. The number of aliphatic hydroxyl groups excluding tert-OH is 1. The predicted octanol–water partition coefficient (Wildman–Crippen LogP) is 2.69. The molecule has 1 aromatic rings. The average Bonchev–Trinajstić information content (AvgIpc) is 2.83. The van der Waals surface area contributed by atoms with Crippen molar-refractivity contribution in [2.45, 2.75) is 38.4 Å². The van der Waals surface area contributed by atoms with E-state index in [4.69, 9.17) is 9.47 Å². The molecular weight excluding hydrogens is 216 g/mol. The van der Waals surface area contributed by atoms with Crippen LogP contribution < -0.4 is 4.74 Å². The molecule has 2 atom stereocenters. The maximum absolute atomic E-state index is 9.38. The van der Waals surface area contributed by atoms with E-state index in [2.05, 4.69) is 0 Å². The van der Waals surface area contributed by atoms with Crippen LogP contribution in [0.25, 0.3) is 0 Å². The van der Waals surface area contributed by atoms with Crippen LogP contribution in [-0.2, 0) is 4.74 Å². The van der Waals surface area contributed by atoms with Crippen molar-refractivity contribution in [3.63, 3.8) is 0 Å². The van der Waals surface area contributed by atoms with E-state index in [0.29, 0.717) is 12.7 Å². The zero-order valence-corrected chi connectivity index (χ0v) is 10.3. The number of aliphatic hydroxyl groups is 1. The number of ether oxygens (including phenoxy) is 2. The summed E-state index contributed by atoms with van der Waals surface area (Å²) in [6.07, 6.45) is 3.25. The molecule has 2 unspecified atom stereocenters. The van der Waals surface area contributed by atoms with Crippen LogP contribution in [0.2, 0.25) is 0 Å². The van der Waals surface area contributed by atoms with Gasteiger partial charge in [-0.25, -0.2) is 0 Å². The van der Waals surface area contributed by atoms with E-state index >= 15 is 0 Å². The largest absolute Gasteiger partial charge is 0.493 e. The average molecular weight is 236 g/mol. The molecule has 1 heterocycles. The predicted molar refractivity (Wildman–Crippen MR) is 66.2 cm³/mol. The molecule has 0 saturated carbocycles. The Morgan fingerprint density at radius 2 is 2.18 bits per heavy atom. The summed E-state index contributed by atoms with van der Waals surface area (Å²) in [6.45, 7) is 3.35.